The first-order valence-electron chi connectivity index (χ1n) is 7.91. The number of methoxy groups -OCH3 is 1. The van der Waals surface area contributed by atoms with E-state index >= 15 is 0 Å². The van der Waals surface area contributed by atoms with Crippen molar-refractivity contribution in [3.8, 4) is 28.2 Å². The van der Waals surface area contributed by atoms with E-state index in [0.717, 1.165) is 33.6 Å². The summed E-state index contributed by atoms with van der Waals surface area (Å²) in [4.78, 5) is 0. The highest BCUT2D eigenvalue weighted by atomic mass is 16.5. The maximum absolute atomic E-state index is 6.17. The van der Waals surface area contributed by atoms with Gasteiger partial charge in [-0.2, -0.15) is 0 Å². The first kappa shape index (κ1) is 14.5. The molecule has 0 N–H and O–H groups in total. The summed E-state index contributed by atoms with van der Waals surface area (Å²) in [5.41, 5.74) is 4.19. The van der Waals surface area contributed by atoms with E-state index in [4.69, 9.17) is 9.15 Å². The van der Waals surface area contributed by atoms with Crippen LogP contribution in [-0.4, -0.2) is 7.11 Å². The minimum atomic E-state index is 0.787. The Morgan fingerprint density at radius 3 is 2.04 bits per heavy atom. The summed E-state index contributed by atoms with van der Waals surface area (Å²) >= 11 is 0. The first-order chi connectivity index (χ1) is 11.8. The van der Waals surface area contributed by atoms with Gasteiger partial charge in [-0.15, -0.1) is 0 Å². The Morgan fingerprint density at radius 2 is 1.38 bits per heavy atom. The van der Waals surface area contributed by atoms with Crippen molar-refractivity contribution in [1.82, 2.24) is 0 Å². The molecule has 0 aliphatic carbocycles. The van der Waals surface area contributed by atoms with Crippen LogP contribution in [0.5, 0.6) is 5.75 Å². The van der Waals surface area contributed by atoms with Gasteiger partial charge in [0.05, 0.1) is 30.2 Å². The molecule has 3 aromatic carbocycles. The zero-order valence-electron chi connectivity index (χ0n) is 13.4. The molecule has 0 fully saturated rings. The van der Waals surface area contributed by atoms with Gasteiger partial charge in [0, 0.05) is 5.56 Å². The molecule has 2 nitrogen and oxygen atoms in total. The molecule has 116 valence electrons. The zero-order chi connectivity index (χ0) is 16.4. The molecule has 4 rings (SSSR count). The molecule has 0 atom stereocenters. The second-order valence-corrected chi connectivity index (χ2v) is 5.62. The predicted molar refractivity (Wildman–Crippen MR) is 98.0 cm³/mol. The monoisotopic (exact) mass is 313 g/mol. The van der Waals surface area contributed by atoms with Crippen molar-refractivity contribution < 1.29 is 9.15 Å². The molecule has 0 radical (unpaired) electrons. The van der Waals surface area contributed by atoms with Gasteiger partial charge in [-0.1, -0.05) is 48.5 Å². The largest absolute Gasteiger partial charge is 0.496 e. The Bertz CT molecular complexity index is 977. The molecule has 1 heterocycles. The van der Waals surface area contributed by atoms with Crippen LogP contribution in [-0.2, 0) is 0 Å². The second kappa shape index (κ2) is 6.17. The molecular weight excluding hydrogens is 296 g/mol. The Hall–Kier alpha value is -3.13. The molecule has 0 spiro atoms. The maximum atomic E-state index is 6.17. The fourth-order valence-electron chi connectivity index (χ4n) is 2.89. The van der Waals surface area contributed by atoms with Crippen LogP contribution in [0.3, 0.4) is 0 Å². The number of ether oxygens (including phenoxy) is 1. The van der Waals surface area contributed by atoms with Crippen LogP contribution in [0, 0.1) is 0 Å². The normalized spacial score (nSPS) is 10.7. The van der Waals surface area contributed by atoms with Crippen LogP contribution in [0.15, 0.2) is 89.3 Å². The van der Waals surface area contributed by atoms with Gasteiger partial charge in [0.25, 0.3) is 0 Å². The third-order valence-electron chi connectivity index (χ3n) is 4.12. The van der Waals surface area contributed by atoms with Gasteiger partial charge < -0.3 is 4.74 Å². The topological polar surface area (TPSA) is 20.5 Å². The summed E-state index contributed by atoms with van der Waals surface area (Å²) in [6.07, 6.45) is 0. The molecule has 0 bridgehead atoms. The molecule has 0 unspecified atom stereocenters. The molecule has 4 aromatic rings. The molecule has 0 aliphatic rings. The highest BCUT2D eigenvalue weighted by Crippen LogP contribution is 2.35. The van der Waals surface area contributed by atoms with Crippen LogP contribution < -0.4 is 4.74 Å². The number of rotatable bonds is 3. The van der Waals surface area contributed by atoms with E-state index in [-0.39, 0.29) is 0 Å². The number of hydrogen-bond acceptors (Lipinski definition) is 1. The average molecular weight is 313 g/mol. The van der Waals surface area contributed by atoms with E-state index in [1.165, 1.54) is 5.56 Å². The third-order valence-corrected chi connectivity index (χ3v) is 4.12. The van der Waals surface area contributed by atoms with Crippen molar-refractivity contribution in [3.63, 3.8) is 0 Å². The van der Waals surface area contributed by atoms with Crippen molar-refractivity contribution in [2.75, 3.05) is 7.11 Å². The Labute approximate surface area is 141 Å². The van der Waals surface area contributed by atoms with Gasteiger partial charge in [0.1, 0.15) is 5.75 Å². The van der Waals surface area contributed by atoms with Crippen LogP contribution in [0.1, 0.15) is 0 Å². The summed E-state index contributed by atoms with van der Waals surface area (Å²) in [6, 6.07) is 28.6. The summed E-state index contributed by atoms with van der Waals surface area (Å²) in [6.45, 7) is 0. The Kier molecular flexibility index (Phi) is 3.72. The molecule has 0 saturated heterocycles. The Morgan fingerprint density at radius 1 is 0.708 bits per heavy atom. The smallest absolute Gasteiger partial charge is 0.365 e. The molecule has 0 aliphatic heterocycles. The van der Waals surface area contributed by atoms with Gasteiger partial charge in [0.15, 0.2) is 0 Å². The molecule has 2 heteroatoms. The van der Waals surface area contributed by atoms with Crippen LogP contribution in [0.25, 0.3) is 33.4 Å². The molecule has 0 saturated carbocycles. The van der Waals surface area contributed by atoms with Gasteiger partial charge in [-0.3, -0.25) is 0 Å². The predicted octanol–water partition coefficient (Wildman–Crippen LogP) is 6.06. The lowest BCUT2D eigenvalue weighted by molar-refractivity contribution is 0.414. The number of hydrogen-bond donors (Lipinski definition) is 0. The van der Waals surface area contributed by atoms with Gasteiger partial charge >= 0.3 is 11.3 Å². The van der Waals surface area contributed by atoms with E-state index in [1.807, 2.05) is 36.4 Å². The van der Waals surface area contributed by atoms with Crippen LogP contribution in [0.4, 0.5) is 0 Å². The summed E-state index contributed by atoms with van der Waals surface area (Å²) in [5.74, 6) is 1.63. The van der Waals surface area contributed by atoms with Crippen molar-refractivity contribution in [2.24, 2.45) is 0 Å². The lowest BCUT2D eigenvalue weighted by atomic mass is 9.99. The highest BCUT2D eigenvalue weighted by Gasteiger charge is 2.20. The van der Waals surface area contributed by atoms with Crippen LogP contribution >= 0.6 is 0 Å². The molecule has 24 heavy (non-hydrogen) atoms. The fraction of sp³-hybridized carbons (Fsp3) is 0.0455. The molecule has 0 amide bonds. The fourth-order valence-corrected chi connectivity index (χ4v) is 2.89. The lowest BCUT2D eigenvalue weighted by Crippen LogP contribution is -1.87. The summed E-state index contributed by atoms with van der Waals surface area (Å²) in [7, 11) is 1.67. The van der Waals surface area contributed by atoms with Gasteiger partial charge in [-0.05, 0) is 29.8 Å². The number of fused-ring (bicyclic) bond motifs is 1. The standard InChI is InChI=1S/C22H17O2/c1-23-18-12-13-19-20(16-8-4-2-5-9-16)15-21(24-22(19)14-18)17-10-6-3-7-11-17/h2-15H,1H3/q+1. The van der Waals surface area contributed by atoms with Crippen LogP contribution in [0.2, 0.25) is 0 Å². The van der Waals surface area contributed by atoms with E-state index in [0.29, 0.717) is 0 Å². The minimum Gasteiger partial charge on any atom is -0.496 e. The molecular formula is C22H17O2+. The van der Waals surface area contributed by atoms with Gasteiger partial charge in [-0.25, -0.2) is 4.42 Å². The van der Waals surface area contributed by atoms with Crippen molar-refractivity contribution in [2.45, 2.75) is 0 Å². The SMILES string of the molecule is COc1ccc2c(-c3ccccc3)cc(-c3ccccc3)[o+]c2c1. The van der Waals surface area contributed by atoms with Crippen molar-refractivity contribution in [1.29, 1.82) is 0 Å². The van der Waals surface area contributed by atoms with E-state index in [2.05, 4.69) is 48.5 Å². The van der Waals surface area contributed by atoms with Crippen molar-refractivity contribution in [3.05, 3.63) is 84.9 Å². The quantitative estimate of drug-likeness (QED) is 0.429. The van der Waals surface area contributed by atoms with E-state index in [1.54, 1.807) is 7.11 Å². The maximum Gasteiger partial charge on any atom is 0.365 e. The summed E-state index contributed by atoms with van der Waals surface area (Å²) < 4.78 is 11.5. The minimum absolute atomic E-state index is 0.787. The number of benzene rings is 3. The highest BCUT2D eigenvalue weighted by molar-refractivity contribution is 5.95. The third kappa shape index (κ3) is 2.63. The lowest BCUT2D eigenvalue weighted by Gasteiger charge is -2.04. The van der Waals surface area contributed by atoms with E-state index < -0.39 is 0 Å². The first-order valence-corrected chi connectivity index (χ1v) is 7.91. The second-order valence-electron chi connectivity index (χ2n) is 5.62. The van der Waals surface area contributed by atoms with Crippen molar-refractivity contribution >= 4 is 11.0 Å². The average Bonchev–Trinajstić information content (AvgIpc) is 2.68. The summed E-state index contributed by atoms with van der Waals surface area (Å²) in [5, 5.41) is 1.07. The van der Waals surface area contributed by atoms with E-state index in [9.17, 15) is 0 Å². The zero-order valence-corrected chi connectivity index (χ0v) is 13.4. The van der Waals surface area contributed by atoms with Gasteiger partial charge in [0.2, 0.25) is 0 Å². The Balaban J connectivity index is 2.02. The molecule has 1 aromatic heterocycles.